The van der Waals surface area contributed by atoms with Crippen LogP contribution in [0.15, 0.2) is 0 Å². The highest BCUT2D eigenvalue weighted by Gasteiger charge is 2.48. The van der Waals surface area contributed by atoms with Crippen molar-refractivity contribution in [1.29, 1.82) is 0 Å². The molecule has 0 radical (unpaired) electrons. The Balaban J connectivity index is 2.67. The van der Waals surface area contributed by atoms with Crippen molar-refractivity contribution in [2.45, 2.75) is 36.6 Å². The maximum Gasteiger partial charge on any atom is 0.414 e. The second-order valence-corrected chi connectivity index (χ2v) is 4.82. The van der Waals surface area contributed by atoms with E-state index in [1.54, 1.807) is 0 Å². The van der Waals surface area contributed by atoms with Crippen molar-refractivity contribution in [3.8, 4) is 0 Å². The first-order valence-corrected chi connectivity index (χ1v) is 5.45. The van der Waals surface area contributed by atoms with Crippen LogP contribution in [0.25, 0.3) is 0 Å². The molecule has 76 valence electrons. The third-order valence-electron chi connectivity index (χ3n) is 2.45. The number of hydrogen-bond acceptors (Lipinski definition) is 2. The van der Waals surface area contributed by atoms with Crippen LogP contribution < -0.4 is 5.73 Å². The zero-order chi connectivity index (χ0) is 10.2. The highest BCUT2D eigenvalue weighted by molar-refractivity contribution is 6.11. The van der Waals surface area contributed by atoms with Gasteiger partial charge in [-0.15, -0.1) is 0 Å². The molecule has 0 aromatic carbocycles. The third-order valence-corrected chi connectivity index (χ3v) is 3.58. The number of alkyl halides is 3. The minimum absolute atomic E-state index is 0.222. The fourth-order valence-electron chi connectivity index (χ4n) is 1.61. The van der Waals surface area contributed by atoms with E-state index in [4.69, 9.17) is 10.5 Å². The Morgan fingerprint density at radius 1 is 1.46 bits per heavy atom. The molecular formula is C7H13AlF3NO. The fraction of sp³-hybridized carbons (Fsp3) is 1.00. The Labute approximate surface area is 83.0 Å². The van der Waals surface area contributed by atoms with Crippen molar-refractivity contribution in [1.82, 2.24) is 0 Å². The van der Waals surface area contributed by atoms with Gasteiger partial charge in [-0.1, -0.05) is 6.92 Å². The predicted molar refractivity (Wildman–Crippen MR) is 45.0 cm³/mol. The number of ether oxygens (including phenoxy) is 1. The molecule has 1 aliphatic heterocycles. The molecule has 1 heterocycles. The van der Waals surface area contributed by atoms with Gasteiger partial charge in [-0.2, -0.15) is 13.2 Å². The van der Waals surface area contributed by atoms with Crippen LogP contribution >= 0.6 is 0 Å². The molecule has 0 aromatic rings. The SMILES string of the molecule is C[C@@H]1C[C@@H](N)[C@H]([AlH2])O[C@H]1C(F)(F)F. The Bertz CT molecular complexity index is 187. The average Bonchev–Trinajstić information content (AvgIpc) is 1.94. The summed E-state index contributed by atoms with van der Waals surface area (Å²) in [7, 11) is 0. The molecule has 0 unspecified atom stereocenters. The molecule has 1 saturated heterocycles. The maximum absolute atomic E-state index is 12.3. The summed E-state index contributed by atoms with van der Waals surface area (Å²) >= 11 is 0.550. The molecular weight excluding hydrogens is 198 g/mol. The monoisotopic (exact) mass is 211 g/mol. The standard InChI is InChI=1S/C7H11F3NO.Al.2H/c1-4-2-5(11)3-12-6(4)7(8,9)10;;;/h3-6H,2,11H2,1H3;;;/t4-,5-,6-;;;/m1.../s1. The smallest absolute Gasteiger partial charge is 0.380 e. The summed E-state index contributed by atoms with van der Waals surface area (Å²) in [6.45, 7) is 1.53. The second kappa shape index (κ2) is 3.78. The highest BCUT2D eigenvalue weighted by atomic mass is 27.0. The van der Waals surface area contributed by atoms with Crippen molar-refractivity contribution >= 4 is 16.3 Å². The summed E-state index contributed by atoms with van der Waals surface area (Å²) in [5, 5.41) is 0. The van der Waals surface area contributed by atoms with E-state index in [2.05, 4.69) is 0 Å². The predicted octanol–water partition coefficient (Wildman–Crippen LogP) is 0.260. The minimum Gasteiger partial charge on any atom is -0.380 e. The fourth-order valence-corrected chi connectivity index (χ4v) is 2.18. The largest absolute Gasteiger partial charge is 0.414 e. The third kappa shape index (κ3) is 2.60. The van der Waals surface area contributed by atoms with E-state index < -0.39 is 18.2 Å². The molecule has 2 nitrogen and oxygen atoms in total. The zero-order valence-electron chi connectivity index (χ0n) is 7.64. The van der Waals surface area contributed by atoms with Crippen molar-refractivity contribution in [3.05, 3.63) is 0 Å². The number of hydrogen-bond donors (Lipinski definition) is 1. The van der Waals surface area contributed by atoms with Gasteiger partial charge in [0.2, 0.25) is 0 Å². The van der Waals surface area contributed by atoms with E-state index in [0.29, 0.717) is 22.7 Å². The molecule has 1 fully saturated rings. The van der Waals surface area contributed by atoms with Gasteiger partial charge in [-0.05, 0) is 12.3 Å². The Morgan fingerprint density at radius 3 is 2.46 bits per heavy atom. The Hall–Kier alpha value is 0.242. The lowest BCUT2D eigenvalue weighted by Gasteiger charge is -2.38. The van der Waals surface area contributed by atoms with E-state index in [0.717, 1.165) is 0 Å². The summed E-state index contributed by atoms with van der Waals surface area (Å²) in [5.74, 6) is -0.528. The Morgan fingerprint density at radius 2 is 2.00 bits per heavy atom. The normalized spacial score (nSPS) is 41.9. The van der Waals surface area contributed by atoms with Crippen molar-refractivity contribution in [2.24, 2.45) is 11.7 Å². The Kier molecular flexibility index (Phi) is 3.29. The van der Waals surface area contributed by atoms with Crippen molar-refractivity contribution in [3.63, 3.8) is 0 Å². The van der Waals surface area contributed by atoms with Crippen LogP contribution in [0.1, 0.15) is 13.3 Å². The summed E-state index contributed by atoms with van der Waals surface area (Å²) in [5.41, 5.74) is 5.62. The van der Waals surface area contributed by atoms with E-state index in [-0.39, 0.29) is 11.0 Å². The van der Waals surface area contributed by atoms with Gasteiger partial charge in [0, 0.05) is 11.0 Å². The lowest BCUT2D eigenvalue weighted by atomic mass is 9.93. The first-order chi connectivity index (χ1) is 5.82. The van der Waals surface area contributed by atoms with Crippen LogP contribution in [0.3, 0.4) is 0 Å². The van der Waals surface area contributed by atoms with Crippen LogP contribution in [0.4, 0.5) is 13.2 Å². The molecule has 1 aliphatic rings. The van der Waals surface area contributed by atoms with Gasteiger partial charge in [-0.25, -0.2) is 0 Å². The second-order valence-electron chi connectivity index (χ2n) is 3.68. The van der Waals surface area contributed by atoms with Crippen LogP contribution in [-0.2, 0) is 4.74 Å². The molecule has 0 bridgehead atoms. The summed E-state index contributed by atoms with van der Waals surface area (Å²) in [6.07, 6.45) is -5.46. The van der Waals surface area contributed by atoms with Crippen molar-refractivity contribution in [2.75, 3.05) is 0 Å². The van der Waals surface area contributed by atoms with E-state index in [1.165, 1.54) is 6.92 Å². The molecule has 4 atom stereocenters. The number of rotatable bonds is 0. The molecule has 1 rings (SSSR count). The van der Waals surface area contributed by atoms with Gasteiger partial charge >= 0.3 is 6.18 Å². The number of halogens is 3. The lowest BCUT2D eigenvalue weighted by Crippen LogP contribution is -2.52. The first-order valence-electron chi connectivity index (χ1n) is 4.30. The quantitative estimate of drug-likeness (QED) is 0.583. The average molecular weight is 211 g/mol. The van der Waals surface area contributed by atoms with Gasteiger partial charge in [-0.3, -0.25) is 0 Å². The first kappa shape index (κ1) is 11.3. The highest BCUT2D eigenvalue weighted by Crippen LogP contribution is 2.34. The van der Waals surface area contributed by atoms with Gasteiger partial charge in [0.05, 0.1) is 0 Å². The summed E-state index contributed by atoms with van der Waals surface area (Å²) in [6, 6.07) is -0.222. The molecule has 6 heteroatoms. The topological polar surface area (TPSA) is 35.2 Å². The van der Waals surface area contributed by atoms with E-state index in [1.807, 2.05) is 0 Å². The molecule has 0 aliphatic carbocycles. The van der Waals surface area contributed by atoms with Gasteiger partial charge in [0.15, 0.2) is 6.10 Å². The molecule has 13 heavy (non-hydrogen) atoms. The van der Waals surface area contributed by atoms with E-state index in [9.17, 15) is 13.2 Å². The van der Waals surface area contributed by atoms with Crippen LogP contribution in [0.5, 0.6) is 0 Å². The minimum atomic E-state index is -4.25. The van der Waals surface area contributed by atoms with Crippen LogP contribution in [-0.4, -0.2) is 39.6 Å². The van der Waals surface area contributed by atoms with Gasteiger partial charge in [0.25, 0.3) is 16.3 Å². The van der Waals surface area contributed by atoms with Gasteiger partial charge in [0.1, 0.15) is 0 Å². The summed E-state index contributed by atoms with van der Waals surface area (Å²) < 4.78 is 41.9. The molecule has 0 saturated carbocycles. The molecule has 0 aromatic heterocycles. The molecule has 2 N–H and O–H groups in total. The lowest BCUT2D eigenvalue weighted by molar-refractivity contribution is -0.252. The van der Waals surface area contributed by atoms with Crippen LogP contribution in [0, 0.1) is 5.92 Å². The summed E-state index contributed by atoms with van der Waals surface area (Å²) in [4.78, 5) is -0.372. The number of nitrogens with two attached hydrogens (primary N) is 1. The molecule has 0 spiro atoms. The van der Waals surface area contributed by atoms with Crippen molar-refractivity contribution < 1.29 is 17.9 Å². The maximum atomic E-state index is 12.3. The van der Waals surface area contributed by atoms with Crippen LogP contribution in [0.2, 0.25) is 0 Å². The van der Waals surface area contributed by atoms with E-state index >= 15 is 0 Å². The van der Waals surface area contributed by atoms with Gasteiger partial charge < -0.3 is 10.5 Å². The molecule has 0 amide bonds. The zero-order valence-corrected chi connectivity index (χ0v) is 9.64.